The van der Waals surface area contributed by atoms with E-state index in [1.54, 1.807) is 12.1 Å². The van der Waals surface area contributed by atoms with Crippen LogP contribution in [-0.4, -0.2) is 11.1 Å². The third-order valence-electron chi connectivity index (χ3n) is 1.96. The Balaban J connectivity index is 2.93. The number of nitrogens with two attached hydrogens (primary N) is 1. The summed E-state index contributed by atoms with van der Waals surface area (Å²) in [6, 6.07) is 3.23. The van der Waals surface area contributed by atoms with Crippen molar-refractivity contribution in [3.8, 4) is 0 Å². The summed E-state index contributed by atoms with van der Waals surface area (Å²) in [5.41, 5.74) is 6.14. The maximum absolute atomic E-state index is 10.9. The molecule has 1 aromatic heterocycles. The van der Waals surface area contributed by atoms with Crippen LogP contribution in [0.5, 0.6) is 0 Å². The van der Waals surface area contributed by atoms with E-state index in [1.165, 1.54) is 0 Å². The maximum Gasteiger partial charge on any atom is 0.347 e. The fraction of sp³-hybridized carbons (Fsp3) is 0. The molecule has 0 atom stereocenters. The van der Waals surface area contributed by atoms with Crippen molar-refractivity contribution in [2.45, 2.75) is 0 Å². The van der Waals surface area contributed by atoms with Gasteiger partial charge in [-0.15, -0.1) is 11.3 Å². The summed E-state index contributed by atoms with van der Waals surface area (Å²) in [5, 5.41) is 10.0. The van der Waals surface area contributed by atoms with Crippen molar-refractivity contribution in [1.82, 2.24) is 0 Å². The number of anilines is 1. The second-order valence-electron chi connectivity index (χ2n) is 2.89. The number of hydrogen-bond donors (Lipinski definition) is 2. The highest BCUT2D eigenvalue weighted by molar-refractivity contribution is 7.22. The van der Waals surface area contributed by atoms with Gasteiger partial charge in [-0.1, -0.05) is 23.2 Å². The third-order valence-corrected chi connectivity index (χ3v) is 4.09. The standard InChI is InChI=1S/C9H5Cl2NO2S/c10-3-1-2-4(12)5-6(11)8(9(13)14)15-7(3)5/h1-2H,12H2,(H,13,14). The van der Waals surface area contributed by atoms with Gasteiger partial charge in [0.05, 0.1) is 14.7 Å². The van der Waals surface area contributed by atoms with Gasteiger partial charge in [-0.2, -0.15) is 0 Å². The summed E-state index contributed by atoms with van der Waals surface area (Å²) < 4.78 is 0.610. The smallest absolute Gasteiger partial charge is 0.347 e. The first-order valence-corrected chi connectivity index (χ1v) is 5.49. The van der Waals surface area contributed by atoms with Crippen molar-refractivity contribution >= 4 is 56.3 Å². The molecule has 1 aromatic carbocycles. The van der Waals surface area contributed by atoms with Crippen LogP contribution in [0.1, 0.15) is 9.67 Å². The Bertz CT molecular complexity index is 565. The first-order chi connectivity index (χ1) is 7.02. The number of carboxylic acid groups (broad SMARTS) is 1. The van der Waals surface area contributed by atoms with Crippen molar-refractivity contribution < 1.29 is 9.90 Å². The van der Waals surface area contributed by atoms with Crippen molar-refractivity contribution in [2.24, 2.45) is 0 Å². The van der Waals surface area contributed by atoms with Gasteiger partial charge < -0.3 is 10.8 Å². The van der Waals surface area contributed by atoms with Gasteiger partial charge in [0.1, 0.15) is 4.88 Å². The van der Waals surface area contributed by atoms with Crippen LogP contribution >= 0.6 is 34.5 Å². The molecule has 2 aromatic rings. The van der Waals surface area contributed by atoms with Gasteiger partial charge in [-0.05, 0) is 12.1 Å². The van der Waals surface area contributed by atoms with Gasteiger partial charge in [0.2, 0.25) is 0 Å². The molecular formula is C9H5Cl2NO2S. The Morgan fingerprint density at radius 3 is 2.60 bits per heavy atom. The van der Waals surface area contributed by atoms with Crippen LogP contribution in [0.2, 0.25) is 10.0 Å². The van der Waals surface area contributed by atoms with Gasteiger partial charge in [0.25, 0.3) is 0 Å². The number of carbonyl (C=O) groups is 1. The van der Waals surface area contributed by atoms with Crippen molar-refractivity contribution in [3.63, 3.8) is 0 Å². The van der Waals surface area contributed by atoms with Gasteiger partial charge in [-0.25, -0.2) is 4.79 Å². The SMILES string of the molecule is Nc1ccc(Cl)c2sc(C(=O)O)c(Cl)c12. The number of carboxylic acids is 1. The second kappa shape index (κ2) is 3.56. The third kappa shape index (κ3) is 1.55. The van der Waals surface area contributed by atoms with E-state index < -0.39 is 5.97 Å². The first kappa shape index (κ1) is 10.5. The molecule has 3 N–H and O–H groups in total. The van der Waals surface area contributed by atoms with Crippen LogP contribution in [0.15, 0.2) is 12.1 Å². The highest BCUT2D eigenvalue weighted by atomic mass is 35.5. The van der Waals surface area contributed by atoms with E-state index in [-0.39, 0.29) is 9.90 Å². The summed E-state index contributed by atoms with van der Waals surface area (Å²) in [6.07, 6.45) is 0. The molecule has 0 aliphatic carbocycles. The first-order valence-electron chi connectivity index (χ1n) is 3.91. The van der Waals surface area contributed by atoms with Crippen LogP contribution in [-0.2, 0) is 0 Å². The molecule has 3 nitrogen and oxygen atoms in total. The molecule has 0 saturated heterocycles. The van der Waals surface area contributed by atoms with Crippen LogP contribution in [0.4, 0.5) is 5.69 Å². The van der Waals surface area contributed by atoms with Gasteiger partial charge in [0.15, 0.2) is 0 Å². The molecule has 78 valence electrons. The number of benzene rings is 1. The zero-order chi connectivity index (χ0) is 11.2. The molecule has 0 aliphatic heterocycles. The molecule has 0 aliphatic rings. The molecular weight excluding hydrogens is 257 g/mol. The van der Waals surface area contributed by atoms with E-state index >= 15 is 0 Å². The van der Waals surface area contributed by atoms with E-state index in [1.807, 2.05) is 0 Å². The summed E-state index contributed by atoms with van der Waals surface area (Å²) in [7, 11) is 0. The summed E-state index contributed by atoms with van der Waals surface area (Å²) in [5.74, 6) is -1.07. The van der Waals surface area contributed by atoms with E-state index in [9.17, 15) is 4.79 Å². The molecule has 15 heavy (non-hydrogen) atoms. The van der Waals surface area contributed by atoms with Gasteiger partial charge in [0, 0.05) is 11.1 Å². The lowest BCUT2D eigenvalue weighted by Crippen LogP contribution is -1.92. The van der Waals surface area contributed by atoms with Crippen LogP contribution < -0.4 is 5.73 Å². The lowest BCUT2D eigenvalue weighted by Gasteiger charge is -1.97. The number of hydrogen-bond acceptors (Lipinski definition) is 3. The lowest BCUT2D eigenvalue weighted by atomic mass is 10.2. The average Bonchev–Trinajstić information content (AvgIpc) is 2.51. The van der Waals surface area contributed by atoms with Crippen molar-refractivity contribution in [3.05, 3.63) is 27.1 Å². The van der Waals surface area contributed by atoms with E-state index in [2.05, 4.69) is 0 Å². The summed E-state index contributed by atoms with van der Waals surface area (Å²) >= 11 is 12.9. The second-order valence-corrected chi connectivity index (χ2v) is 4.70. The number of aromatic carboxylic acids is 1. The predicted octanol–water partition coefficient (Wildman–Crippen LogP) is 3.49. The zero-order valence-electron chi connectivity index (χ0n) is 7.25. The molecule has 2 rings (SSSR count). The summed E-state index contributed by atoms with van der Waals surface area (Å²) in [4.78, 5) is 10.9. The van der Waals surface area contributed by atoms with Crippen molar-refractivity contribution in [1.29, 1.82) is 0 Å². The largest absolute Gasteiger partial charge is 0.477 e. The number of halogens is 2. The molecule has 1 heterocycles. The van der Waals surface area contributed by atoms with Crippen LogP contribution in [0.25, 0.3) is 10.1 Å². The Morgan fingerprint density at radius 1 is 1.40 bits per heavy atom. The zero-order valence-corrected chi connectivity index (χ0v) is 9.58. The normalized spacial score (nSPS) is 10.8. The molecule has 6 heteroatoms. The molecule has 0 fully saturated rings. The Kier molecular flexibility index (Phi) is 2.50. The maximum atomic E-state index is 10.9. The number of nitrogen functional groups attached to an aromatic ring is 1. The van der Waals surface area contributed by atoms with E-state index in [4.69, 9.17) is 34.0 Å². The van der Waals surface area contributed by atoms with Gasteiger partial charge >= 0.3 is 5.97 Å². The fourth-order valence-electron chi connectivity index (χ4n) is 1.30. The summed E-state index contributed by atoms with van der Waals surface area (Å²) in [6.45, 7) is 0. The highest BCUT2D eigenvalue weighted by Crippen LogP contribution is 2.42. The van der Waals surface area contributed by atoms with E-state index in [0.29, 0.717) is 20.8 Å². The topological polar surface area (TPSA) is 63.3 Å². The molecule has 0 bridgehead atoms. The molecule has 0 amide bonds. The molecule has 0 saturated carbocycles. The monoisotopic (exact) mass is 261 g/mol. The minimum atomic E-state index is -1.07. The molecule has 0 spiro atoms. The van der Waals surface area contributed by atoms with Crippen LogP contribution in [0.3, 0.4) is 0 Å². The average molecular weight is 262 g/mol. The quantitative estimate of drug-likeness (QED) is 0.773. The lowest BCUT2D eigenvalue weighted by molar-refractivity contribution is 0.0702. The Labute approximate surface area is 99.0 Å². The Morgan fingerprint density at radius 2 is 2.07 bits per heavy atom. The number of thiophene rings is 1. The van der Waals surface area contributed by atoms with Gasteiger partial charge in [-0.3, -0.25) is 0 Å². The minimum absolute atomic E-state index is 0.0615. The van der Waals surface area contributed by atoms with Crippen LogP contribution in [0, 0.1) is 0 Å². The molecule has 0 radical (unpaired) electrons. The van der Waals surface area contributed by atoms with Crippen molar-refractivity contribution in [2.75, 3.05) is 5.73 Å². The predicted molar refractivity (Wildman–Crippen MR) is 63.2 cm³/mol. The molecule has 0 unspecified atom stereocenters. The number of rotatable bonds is 1. The highest BCUT2D eigenvalue weighted by Gasteiger charge is 2.19. The van der Waals surface area contributed by atoms with E-state index in [0.717, 1.165) is 11.3 Å². The fourth-order valence-corrected chi connectivity index (χ4v) is 3.00. The number of fused-ring (bicyclic) bond motifs is 1. The Hall–Kier alpha value is -0.970. The minimum Gasteiger partial charge on any atom is -0.477 e.